The van der Waals surface area contributed by atoms with Crippen LogP contribution in [0.3, 0.4) is 0 Å². The number of nitrogens with two attached hydrogens (primary N) is 1. The maximum atomic E-state index is 5.93. The van der Waals surface area contributed by atoms with Gasteiger partial charge < -0.3 is 5.73 Å². The Kier molecular flexibility index (Phi) is 2.05. The third-order valence-corrected chi connectivity index (χ3v) is 3.37. The smallest absolute Gasteiger partial charge is 0.0735 e. The van der Waals surface area contributed by atoms with Crippen molar-refractivity contribution >= 4 is 5.69 Å². The van der Waals surface area contributed by atoms with Crippen molar-refractivity contribution in [1.29, 1.82) is 0 Å². The van der Waals surface area contributed by atoms with Crippen molar-refractivity contribution in [2.75, 3.05) is 5.73 Å². The number of rotatable bonds is 1. The van der Waals surface area contributed by atoms with E-state index in [1.165, 1.54) is 25.0 Å². The van der Waals surface area contributed by atoms with Crippen LogP contribution in [-0.2, 0) is 7.05 Å². The van der Waals surface area contributed by atoms with E-state index in [9.17, 15) is 0 Å². The second kappa shape index (κ2) is 3.01. The Hall–Kier alpha value is -0.990. The molecule has 78 valence electrons. The van der Waals surface area contributed by atoms with Crippen LogP contribution in [0.5, 0.6) is 0 Å². The van der Waals surface area contributed by atoms with E-state index in [0.717, 1.165) is 5.69 Å². The average Bonchev–Trinajstić information content (AvgIpc) is 2.56. The van der Waals surface area contributed by atoms with Gasteiger partial charge in [0.05, 0.1) is 17.6 Å². The van der Waals surface area contributed by atoms with E-state index in [2.05, 4.69) is 18.9 Å². The number of nitrogen functional groups attached to an aromatic ring is 1. The summed E-state index contributed by atoms with van der Waals surface area (Å²) in [4.78, 5) is 0. The van der Waals surface area contributed by atoms with Crippen LogP contribution in [0.2, 0.25) is 0 Å². The van der Waals surface area contributed by atoms with Crippen LogP contribution in [0.1, 0.15) is 44.7 Å². The summed E-state index contributed by atoms with van der Waals surface area (Å²) >= 11 is 0. The largest absolute Gasteiger partial charge is 0.396 e. The molecule has 0 bridgehead atoms. The molecule has 1 atom stereocenters. The summed E-state index contributed by atoms with van der Waals surface area (Å²) in [5.41, 5.74) is 8.49. The minimum absolute atomic E-state index is 0.474. The molecule has 2 N–H and O–H groups in total. The zero-order valence-electron chi connectivity index (χ0n) is 9.25. The summed E-state index contributed by atoms with van der Waals surface area (Å²) in [6.45, 7) is 4.67. The van der Waals surface area contributed by atoms with Gasteiger partial charge in [-0.25, -0.2) is 0 Å². The fourth-order valence-corrected chi connectivity index (χ4v) is 2.63. The van der Waals surface area contributed by atoms with E-state index in [1.54, 1.807) is 6.20 Å². The van der Waals surface area contributed by atoms with Crippen molar-refractivity contribution in [3.05, 3.63) is 11.9 Å². The van der Waals surface area contributed by atoms with Crippen LogP contribution < -0.4 is 5.73 Å². The fraction of sp³-hybridized carbons (Fsp3) is 0.727. The molecule has 0 aliphatic heterocycles. The average molecular weight is 193 g/mol. The maximum absolute atomic E-state index is 5.93. The zero-order chi connectivity index (χ0) is 10.3. The Morgan fingerprint density at radius 2 is 2.29 bits per heavy atom. The number of aryl methyl sites for hydroxylation is 1. The summed E-state index contributed by atoms with van der Waals surface area (Å²) in [5, 5.41) is 4.20. The van der Waals surface area contributed by atoms with E-state index < -0.39 is 0 Å². The molecule has 1 aromatic heterocycles. The predicted octanol–water partition coefficient (Wildman–Crippen LogP) is 2.30. The van der Waals surface area contributed by atoms with Gasteiger partial charge in [0, 0.05) is 13.0 Å². The van der Waals surface area contributed by atoms with Crippen LogP contribution in [0.15, 0.2) is 6.20 Å². The Labute approximate surface area is 85.3 Å². The summed E-state index contributed by atoms with van der Waals surface area (Å²) in [6.07, 6.45) is 5.54. The standard InChI is InChI=1S/C11H19N3/c1-11(2)5-4-8(6-11)10-9(12)7-13-14(10)3/h7-8H,4-6,12H2,1-3H3. The molecule has 1 fully saturated rings. The highest BCUT2D eigenvalue weighted by molar-refractivity contribution is 5.43. The highest BCUT2D eigenvalue weighted by atomic mass is 15.3. The van der Waals surface area contributed by atoms with Crippen LogP contribution in [-0.4, -0.2) is 9.78 Å². The Balaban J connectivity index is 2.25. The summed E-state index contributed by atoms with van der Waals surface area (Å²) < 4.78 is 1.93. The van der Waals surface area contributed by atoms with Gasteiger partial charge in [0.25, 0.3) is 0 Å². The number of aromatic nitrogens is 2. The molecule has 1 unspecified atom stereocenters. The Bertz CT molecular complexity index is 319. The minimum Gasteiger partial charge on any atom is -0.396 e. The van der Waals surface area contributed by atoms with Gasteiger partial charge >= 0.3 is 0 Å². The first-order valence-corrected chi connectivity index (χ1v) is 5.27. The predicted molar refractivity (Wildman–Crippen MR) is 58.0 cm³/mol. The summed E-state index contributed by atoms with van der Waals surface area (Å²) in [5.74, 6) is 0.609. The van der Waals surface area contributed by atoms with Crippen molar-refractivity contribution in [3.8, 4) is 0 Å². The molecule has 1 aliphatic rings. The van der Waals surface area contributed by atoms with Gasteiger partial charge in [-0.15, -0.1) is 0 Å². The fourth-order valence-electron chi connectivity index (χ4n) is 2.63. The minimum atomic E-state index is 0.474. The molecule has 14 heavy (non-hydrogen) atoms. The van der Waals surface area contributed by atoms with Gasteiger partial charge in [0.2, 0.25) is 0 Å². The lowest BCUT2D eigenvalue weighted by atomic mass is 9.90. The molecule has 0 radical (unpaired) electrons. The lowest BCUT2D eigenvalue weighted by Crippen LogP contribution is -2.08. The van der Waals surface area contributed by atoms with Crippen LogP contribution in [0.4, 0.5) is 5.69 Å². The van der Waals surface area contributed by atoms with Crippen LogP contribution >= 0.6 is 0 Å². The van der Waals surface area contributed by atoms with E-state index in [-0.39, 0.29) is 0 Å². The molecule has 1 aromatic rings. The Morgan fingerprint density at radius 3 is 2.71 bits per heavy atom. The van der Waals surface area contributed by atoms with Crippen molar-refractivity contribution in [1.82, 2.24) is 9.78 Å². The lowest BCUT2D eigenvalue weighted by Gasteiger charge is -2.17. The molecular weight excluding hydrogens is 174 g/mol. The third kappa shape index (κ3) is 1.51. The van der Waals surface area contributed by atoms with Gasteiger partial charge in [-0.05, 0) is 24.7 Å². The van der Waals surface area contributed by atoms with Crippen molar-refractivity contribution in [3.63, 3.8) is 0 Å². The lowest BCUT2D eigenvalue weighted by molar-refractivity contribution is 0.374. The van der Waals surface area contributed by atoms with Crippen molar-refractivity contribution < 1.29 is 0 Å². The third-order valence-electron chi connectivity index (χ3n) is 3.37. The first kappa shape index (κ1) is 9.56. The highest BCUT2D eigenvalue weighted by Gasteiger charge is 2.34. The molecule has 1 aliphatic carbocycles. The van der Waals surface area contributed by atoms with Crippen LogP contribution in [0.25, 0.3) is 0 Å². The molecule has 1 heterocycles. The van der Waals surface area contributed by atoms with E-state index in [4.69, 9.17) is 5.73 Å². The molecule has 3 heteroatoms. The zero-order valence-corrected chi connectivity index (χ0v) is 9.25. The van der Waals surface area contributed by atoms with E-state index in [1.807, 2.05) is 11.7 Å². The van der Waals surface area contributed by atoms with Crippen LogP contribution in [0, 0.1) is 5.41 Å². The van der Waals surface area contributed by atoms with Gasteiger partial charge in [-0.2, -0.15) is 5.10 Å². The molecule has 1 saturated carbocycles. The number of hydrogen-bond donors (Lipinski definition) is 1. The molecule has 0 saturated heterocycles. The topological polar surface area (TPSA) is 43.8 Å². The number of hydrogen-bond acceptors (Lipinski definition) is 2. The SMILES string of the molecule is Cn1ncc(N)c1C1CCC(C)(C)C1. The number of anilines is 1. The second-order valence-electron chi connectivity index (χ2n) is 5.21. The second-order valence-corrected chi connectivity index (χ2v) is 5.21. The van der Waals surface area contributed by atoms with Gasteiger partial charge in [0.1, 0.15) is 0 Å². The van der Waals surface area contributed by atoms with Gasteiger partial charge in [-0.3, -0.25) is 4.68 Å². The molecule has 0 amide bonds. The van der Waals surface area contributed by atoms with Crippen molar-refractivity contribution in [2.45, 2.75) is 39.0 Å². The molecule has 3 nitrogen and oxygen atoms in total. The molecular formula is C11H19N3. The highest BCUT2D eigenvalue weighted by Crippen LogP contribution is 2.46. The molecule has 2 rings (SSSR count). The normalized spacial score (nSPS) is 25.5. The summed E-state index contributed by atoms with van der Waals surface area (Å²) in [6, 6.07) is 0. The maximum Gasteiger partial charge on any atom is 0.0735 e. The molecule has 0 aromatic carbocycles. The monoisotopic (exact) mass is 193 g/mol. The molecule has 0 spiro atoms. The van der Waals surface area contributed by atoms with Gasteiger partial charge in [0.15, 0.2) is 0 Å². The summed E-state index contributed by atoms with van der Waals surface area (Å²) in [7, 11) is 1.98. The first-order chi connectivity index (χ1) is 6.49. The van der Waals surface area contributed by atoms with E-state index >= 15 is 0 Å². The van der Waals surface area contributed by atoms with Gasteiger partial charge in [-0.1, -0.05) is 13.8 Å². The van der Waals surface area contributed by atoms with Crippen molar-refractivity contribution in [2.24, 2.45) is 12.5 Å². The quantitative estimate of drug-likeness (QED) is 0.743. The first-order valence-electron chi connectivity index (χ1n) is 5.27. The van der Waals surface area contributed by atoms with E-state index in [0.29, 0.717) is 11.3 Å². The Morgan fingerprint density at radius 1 is 1.57 bits per heavy atom. The number of nitrogens with zero attached hydrogens (tertiary/aromatic N) is 2.